The lowest BCUT2D eigenvalue weighted by Crippen LogP contribution is -2.42. The number of likely N-dealkylation sites (tertiary alicyclic amines) is 1. The maximum Gasteiger partial charge on any atom is 0.410 e. The highest BCUT2D eigenvalue weighted by molar-refractivity contribution is 7.97. The Balaban J connectivity index is 1.22. The fraction of sp³-hybridized carbons (Fsp3) is 0.345. The van der Waals surface area contributed by atoms with Crippen molar-refractivity contribution in [3.63, 3.8) is 0 Å². The molecule has 2 N–H and O–H groups in total. The summed E-state index contributed by atoms with van der Waals surface area (Å²) in [6.45, 7) is 1.41. The summed E-state index contributed by atoms with van der Waals surface area (Å²) in [6, 6.07) is 17.5. The van der Waals surface area contributed by atoms with Gasteiger partial charge < -0.3 is 19.7 Å². The van der Waals surface area contributed by atoms with E-state index in [9.17, 15) is 9.59 Å². The first-order chi connectivity index (χ1) is 18.6. The molecule has 0 bridgehead atoms. The van der Waals surface area contributed by atoms with Gasteiger partial charge in [0.15, 0.2) is 0 Å². The average molecular weight is 533 g/mol. The molecule has 9 heteroatoms. The van der Waals surface area contributed by atoms with Crippen LogP contribution in [0.1, 0.15) is 36.0 Å². The van der Waals surface area contributed by atoms with E-state index in [1.54, 1.807) is 11.1 Å². The van der Waals surface area contributed by atoms with Crippen molar-refractivity contribution in [3.05, 3.63) is 77.5 Å². The number of hydrogen-bond donors (Lipinski definition) is 2. The van der Waals surface area contributed by atoms with Gasteiger partial charge in [0.1, 0.15) is 12.7 Å². The summed E-state index contributed by atoms with van der Waals surface area (Å²) in [5.74, 6) is 0.535. The zero-order valence-corrected chi connectivity index (χ0v) is 22.3. The van der Waals surface area contributed by atoms with Crippen molar-refractivity contribution in [2.45, 2.75) is 44.8 Å². The van der Waals surface area contributed by atoms with Crippen LogP contribution in [0.5, 0.6) is 5.88 Å². The van der Waals surface area contributed by atoms with E-state index in [1.807, 2.05) is 48.7 Å². The van der Waals surface area contributed by atoms with Crippen molar-refractivity contribution >= 4 is 29.8 Å². The number of fused-ring (bicyclic) bond motifs is 1. The summed E-state index contributed by atoms with van der Waals surface area (Å²) in [6.07, 6.45) is 7.67. The molecule has 1 aliphatic heterocycles. The normalized spacial score (nSPS) is 15.0. The SMILES string of the molecule is CSNC(=O)Nc1c(-c2ccnc(OC3CCN(C(=O)OCc4ccccc4)CC3)c2)ccc2c1CCC2. The number of hydrogen-bond acceptors (Lipinski definition) is 6. The number of nitrogens with zero attached hydrogens (tertiary/aromatic N) is 2. The van der Waals surface area contributed by atoms with Crippen LogP contribution in [0.15, 0.2) is 60.8 Å². The van der Waals surface area contributed by atoms with E-state index in [1.165, 1.54) is 23.1 Å². The molecule has 2 aromatic carbocycles. The predicted molar refractivity (Wildman–Crippen MR) is 149 cm³/mol. The van der Waals surface area contributed by atoms with Crippen molar-refractivity contribution in [3.8, 4) is 17.0 Å². The van der Waals surface area contributed by atoms with Crippen LogP contribution in [-0.2, 0) is 24.2 Å². The second-order valence-corrected chi connectivity index (χ2v) is 10.1. The summed E-state index contributed by atoms with van der Waals surface area (Å²) >= 11 is 1.26. The number of rotatable bonds is 7. The van der Waals surface area contributed by atoms with E-state index < -0.39 is 0 Å². The number of nitrogens with one attached hydrogen (secondary N) is 2. The molecular formula is C29H32N4O4S. The van der Waals surface area contributed by atoms with Gasteiger partial charge in [-0.05, 0) is 47.6 Å². The van der Waals surface area contributed by atoms with Gasteiger partial charge in [-0.3, -0.25) is 4.72 Å². The summed E-state index contributed by atoms with van der Waals surface area (Å²) < 4.78 is 14.5. The summed E-state index contributed by atoms with van der Waals surface area (Å²) in [5.41, 5.74) is 6.19. The number of urea groups is 1. The summed E-state index contributed by atoms with van der Waals surface area (Å²) in [4.78, 5) is 31.0. The fourth-order valence-corrected chi connectivity index (χ4v) is 5.30. The van der Waals surface area contributed by atoms with Crippen molar-refractivity contribution in [1.29, 1.82) is 0 Å². The molecule has 1 aromatic heterocycles. The van der Waals surface area contributed by atoms with E-state index in [0.29, 0.717) is 31.8 Å². The molecule has 8 nitrogen and oxygen atoms in total. The fourth-order valence-electron chi connectivity index (χ4n) is 5.06. The number of pyridine rings is 1. The van der Waals surface area contributed by atoms with E-state index in [4.69, 9.17) is 9.47 Å². The van der Waals surface area contributed by atoms with Crippen LogP contribution < -0.4 is 14.8 Å². The van der Waals surface area contributed by atoms with Crippen LogP contribution in [0.4, 0.5) is 15.3 Å². The molecule has 1 aliphatic carbocycles. The molecule has 1 fully saturated rings. The zero-order chi connectivity index (χ0) is 26.3. The standard InChI is InChI=1S/C29H32N4O4S/c1-38-32-28(34)31-27-24-9-5-8-21(24)10-11-25(27)22-12-15-30-26(18-22)37-23-13-16-33(17-14-23)29(35)36-19-20-6-3-2-4-7-20/h2-4,6-7,10-12,15,18,23H,5,8-9,13-14,16-17,19H2,1H3,(H2,31,32,34). The molecular weight excluding hydrogens is 500 g/mol. The molecule has 2 heterocycles. The molecule has 2 aliphatic rings. The summed E-state index contributed by atoms with van der Waals surface area (Å²) in [7, 11) is 0. The van der Waals surface area contributed by atoms with Gasteiger partial charge in [-0.1, -0.05) is 54.4 Å². The van der Waals surface area contributed by atoms with Gasteiger partial charge in [-0.2, -0.15) is 0 Å². The lowest BCUT2D eigenvalue weighted by molar-refractivity contribution is 0.0625. The predicted octanol–water partition coefficient (Wildman–Crippen LogP) is 5.82. The molecule has 3 amide bonds. The second kappa shape index (κ2) is 12.2. The molecule has 3 aromatic rings. The Hall–Kier alpha value is -3.72. The molecule has 1 saturated heterocycles. The lowest BCUT2D eigenvalue weighted by atomic mass is 9.98. The topological polar surface area (TPSA) is 92.8 Å². The minimum atomic E-state index is -0.297. The van der Waals surface area contributed by atoms with Crippen LogP contribution in [0.3, 0.4) is 0 Å². The zero-order valence-electron chi connectivity index (χ0n) is 21.4. The van der Waals surface area contributed by atoms with Crippen molar-refractivity contribution in [2.75, 3.05) is 24.7 Å². The Kier molecular flexibility index (Phi) is 8.33. The van der Waals surface area contributed by atoms with Gasteiger partial charge in [0.2, 0.25) is 5.88 Å². The molecule has 198 valence electrons. The Morgan fingerprint density at radius 3 is 2.68 bits per heavy atom. The number of carbonyl (C=O) groups excluding carboxylic acids is 2. The number of aromatic nitrogens is 1. The number of piperidine rings is 1. The van der Waals surface area contributed by atoms with Crippen LogP contribution >= 0.6 is 11.9 Å². The quantitative estimate of drug-likeness (QED) is 0.373. The second-order valence-electron chi connectivity index (χ2n) is 9.47. The smallest absolute Gasteiger partial charge is 0.410 e. The number of aryl methyl sites for hydroxylation is 1. The molecule has 0 atom stereocenters. The average Bonchev–Trinajstić information content (AvgIpc) is 3.43. The number of benzene rings is 2. The highest BCUT2D eigenvalue weighted by Crippen LogP contribution is 2.38. The van der Waals surface area contributed by atoms with Crippen LogP contribution in [-0.4, -0.2) is 47.5 Å². The lowest BCUT2D eigenvalue weighted by Gasteiger charge is -2.31. The van der Waals surface area contributed by atoms with Crippen LogP contribution in [0.2, 0.25) is 0 Å². The number of anilines is 1. The highest BCUT2D eigenvalue weighted by atomic mass is 32.2. The monoisotopic (exact) mass is 532 g/mol. The van der Waals surface area contributed by atoms with Gasteiger partial charge in [0.05, 0.1) is 5.69 Å². The van der Waals surface area contributed by atoms with E-state index >= 15 is 0 Å². The minimum absolute atomic E-state index is 0.0408. The van der Waals surface area contributed by atoms with Gasteiger partial charge in [0.25, 0.3) is 0 Å². The van der Waals surface area contributed by atoms with Gasteiger partial charge >= 0.3 is 12.1 Å². The van der Waals surface area contributed by atoms with E-state index in [2.05, 4.69) is 27.2 Å². The van der Waals surface area contributed by atoms with Crippen LogP contribution in [0, 0.1) is 0 Å². The van der Waals surface area contributed by atoms with E-state index in [-0.39, 0.29) is 24.8 Å². The maximum absolute atomic E-state index is 12.5. The van der Waals surface area contributed by atoms with Gasteiger partial charge in [-0.15, -0.1) is 0 Å². The third-order valence-corrected chi connectivity index (χ3v) is 7.34. The van der Waals surface area contributed by atoms with Gasteiger partial charge in [0, 0.05) is 50.0 Å². The number of amides is 3. The van der Waals surface area contributed by atoms with Crippen molar-refractivity contribution < 1.29 is 19.1 Å². The third-order valence-electron chi connectivity index (χ3n) is 6.95. The first-order valence-electron chi connectivity index (χ1n) is 12.9. The Morgan fingerprint density at radius 1 is 1.08 bits per heavy atom. The minimum Gasteiger partial charge on any atom is -0.474 e. The highest BCUT2D eigenvalue weighted by Gasteiger charge is 2.26. The van der Waals surface area contributed by atoms with Crippen molar-refractivity contribution in [2.24, 2.45) is 0 Å². The molecule has 0 radical (unpaired) electrons. The molecule has 0 saturated carbocycles. The molecule has 0 spiro atoms. The Labute approximate surface area is 227 Å². The first kappa shape index (κ1) is 25.9. The summed E-state index contributed by atoms with van der Waals surface area (Å²) in [5, 5.41) is 3.07. The Bertz CT molecular complexity index is 1280. The largest absolute Gasteiger partial charge is 0.474 e. The maximum atomic E-state index is 12.5. The molecule has 5 rings (SSSR count). The Morgan fingerprint density at radius 2 is 1.89 bits per heavy atom. The van der Waals surface area contributed by atoms with Crippen molar-refractivity contribution in [1.82, 2.24) is 14.6 Å². The third kappa shape index (κ3) is 6.22. The van der Waals surface area contributed by atoms with Gasteiger partial charge in [-0.25, -0.2) is 14.6 Å². The van der Waals surface area contributed by atoms with E-state index in [0.717, 1.165) is 41.6 Å². The molecule has 38 heavy (non-hydrogen) atoms. The molecule has 0 unspecified atom stereocenters. The first-order valence-corrected chi connectivity index (χ1v) is 14.2. The number of carbonyl (C=O) groups is 2. The van der Waals surface area contributed by atoms with Crippen LogP contribution in [0.25, 0.3) is 11.1 Å². The number of ether oxygens (including phenoxy) is 2.